The summed E-state index contributed by atoms with van der Waals surface area (Å²) >= 11 is 6.12. The Morgan fingerprint density at radius 1 is 1.25 bits per heavy atom. The van der Waals surface area contributed by atoms with Gasteiger partial charge in [0.25, 0.3) is 5.91 Å². The number of aryl methyl sites for hydroxylation is 1. The van der Waals surface area contributed by atoms with Crippen molar-refractivity contribution in [3.05, 3.63) is 63.8 Å². The van der Waals surface area contributed by atoms with Crippen LogP contribution in [0, 0.1) is 6.92 Å². The Bertz CT molecular complexity index is 1210. The van der Waals surface area contributed by atoms with Gasteiger partial charge in [-0.15, -0.1) is 0 Å². The van der Waals surface area contributed by atoms with Gasteiger partial charge in [-0.25, -0.2) is 4.79 Å². The molecular formula is C24H24ClN3O4. The van der Waals surface area contributed by atoms with Gasteiger partial charge in [-0.05, 0) is 31.7 Å². The minimum Gasteiger partial charge on any atom is -0.495 e. The van der Waals surface area contributed by atoms with Crippen LogP contribution in [0.15, 0.2) is 36.4 Å². The molecule has 0 bridgehead atoms. The van der Waals surface area contributed by atoms with E-state index in [-0.39, 0.29) is 0 Å². The summed E-state index contributed by atoms with van der Waals surface area (Å²) in [7, 11) is 3.49. The Balaban J connectivity index is 1.56. The maximum Gasteiger partial charge on any atom is 0.339 e. The molecule has 1 amide bonds. The van der Waals surface area contributed by atoms with Crippen LogP contribution in [0.5, 0.6) is 5.75 Å². The van der Waals surface area contributed by atoms with Crippen molar-refractivity contribution in [2.24, 2.45) is 0 Å². The van der Waals surface area contributed by atoms with Crippen molar-refractivity contribution >= 4 is 40.1 Å². The number of nitrogens with zero attached hydrogens (tertiary/aromatic N) is 2. The zero-order chi connectivity index (χ0) is 22.8. The highest BCUT2D eigenvalue weighted by Crippen LogP contribution is 2.31. The zero-order valence-corrected chi connectivity index (χ0v) is 19.0. The average molecular weight is 454 g/mol. The van der Waals surface area contributed by atoms with Crippen LogP contribution < -0.4 is 10.1 Å². The van der Waals surface area contributed by atoms with Crippen LogP contribution in [-0.2, 0) is 22.5 Å². The zero-order valence-electron chi connectivity index (χ0n) is 18.2. The number of benzene rings is 2. The van der Waals surface area contributed by atoms with E-state index in [4.69, 9.17) is 26.1 Å². The number of halogens is 1. The lowest BCUT2D eigenvalue weighted by Gasteiger charge is -2.26. The molecule has 0 radical (unpaired) electrons. The van der Waals surface area contributed by atoms with Crippen molar-refractivity contribution in [2.45, 2.75) is 19.9 Å². The van der Waals surface area contributed by atoms with Gasteiger partial charge in [-0.1, -0.05) is 29.8 Å². The van der Waals surface area contributed by atoms with E-state index in [9.17, 15) is 9.59 Å². The van der Waals surface area contributed by atoms with Gasteiger partial charge in [0.05, 0.1) is 23.9 Å². The van der Waals surface area contributed by atoms with Gasteiger partial charge in [-0.3, -0.25) is 9.78 Å². The van der Waals surface area contributed by atoms with Gasteiger partial charge < -0.3 is 19.7 Å². The summed E-state index contributed by atoms with van der Waals surface area (Å²) in [5.74, 6) is -0.579. The second-order valence-corrected chi connectivity index (χ2v) is 8.25. The number of likely N-dealkylation sites (N-methyl/N-ethyl adjacent to an activating group) is 1. The normalized spacial score (nSPS) is 13.5. The fourth-order valence-electron chi connectivity index (χ4n) is 3.88. The lowest BCUT2D eigenvalue weighted by molar-refractivity contribution is -0.119. The van der Waals surface area contributed by atoms with Crippen LogP contribution in [0.1, 0.15) is 27.2 Å². The molecule has 0 fully saturated rings. The Hall–Kier alpha value is -3.16. The number of hydrogen-bond donors (Lipinski definition) is 1. The van der Waals surface area contributed by atoms with Crippen molar-refractivity contribution in [3.8, 4) is 5.75 Å². The first-order chi connectivity index (χ1) is 15.4. The maximum absolute atomic E-state index is 13.1. The summed E-state index contributed by atoms with van der Waals surface area (Å²) in [6.45, 7) is 2.87. The van der Waals surface area contributed by atoms with Crippen molar-refractivity contribution < 1.29 is 19.1 Å². The third-order valence-electron chi connectivity index (χ3n) is 5.53. The molecule has 0 aliphatic carbocycles. The Labute approximate surface area is 191 Å². The molecule has 1 N–H and O–H groups in total. The number of para-hydroxylation sites is 1. The number of hydrogen-bond acceptors (Lipinski definition) is 6. The van der Waals surface area contributed by atoms with E-state index in [1.807, 2.05) is 38.2 Å². The molecule has 2 heterocycles. The van der Waals surface area contributed by atoms with Crippen LogP contribution in [0.3, 0.4) is 0 Å². The fourth-order valence-corrected chi connectivity index (χ4v) is 4.03. The van der Waals surface area contributed by atoms with Crippen molar-refractivity contribution in [1.29, 1.82) is 0 Å². The highest BCUT2D eigenvalue weighted by atomic mass is 35.5. The summed E-state index contributed by atoms with van der Waals surface area (Å²) in [5, 5.41) is 3.98. The Kier molecular flexibility index (Phi) is 6.30. The average Bonchev–Trinajstić information content (AvgIpc) is 2.78. The largest absolute Gasteiger partial charge is 0.495 e. The predicted molar refractivity (Wildman–Crippen MR) is 123 cm³/mol. The predicted octanol–water partition coefficient (Wildman–Crippen LogP) is 3.99. The number of esters is 1. The summed E-state index contributed by atoms with van der Waals surface area (Å²) in [4.78, 5) is 32.5. The van der Waals surface area contributed by atoms with E-state index in [0.29, 0.717) is 28.6 Å². The second kappa shape index (κ2) is 9.14. The van der Waals surface area contributed by atoms with Gasteiger partial charge in [-0.2, -0.15) is 0 Å². The molecule has 0 spiro atoms. The van der Waals surface area contributed by atoms with E-state index >= 15 is 0 Å². The number of ether oxygens (including phenoxy) is 2. The lowest BCUT2D eigenvalue weighted by Crippen LogP contribution is -2.30. The van der Waals surface area contributed by atoms with E-state index in [1.54, 1.807) is 12.1 Å². The molecule has 0 atom stereocenters. The van der Waals surface area contributed by atoms with Gasteiger partial charge in [0.1, 0.15) is 5.75 Å². The summed E-state index contributed by atoms with van der Waals surface area (Å²) < 4.78 is 10.7. The molecular weight excluding hydrogens is 430 g/mol. The number of fused-ring (bicyclic) bond motifs is 2. The Morgan fingerprint density at radius 2 is 2.03 bits per heavy atom. The first-order valence-electron chi connectivity index (χ1n) is 10.3. The van der Waals surface area contributed by atoms with Crippen molar-refractivity contribution in [3.63, 3.8) is 0 Å². The van der Waals surface area contributed by atoms with E-state index in [0.717, 1.165) is 40.7 Å². The van der Waals surface area contributed by atoms with Crippen molar-refractivity contribution in [2.75, 3.05) is 32.6 Å². The van der Waals surface area contributed by atoms with Crippen LogP contribution in [0.4, 0.5) is 5.69 Å². The monoisotopic (exact) mass is 453 g/mol. The molecule has 166 valence electrons. The molecule has 2 aromatic carbocycles. The standard InChI is InChI=1S/C24H24ClN3O4/c1-14-10-20(21(31-3)11-17(14)25)27-22(29)13-32-24(30)23-15-6-4-5-7-18(15)26-19-8-9-28(2)12-16(19)23/h4-7,10-11H,8-9,12-13H2,1-3H3,(H,27,29). The minimum atomic E-state index is -0.537. The molecule has 0 unspecified atom stereocenters. The number of pyridine rings is 1. The molecule has 1 aromatic heterocycles. The van der Waals surface area contributed by atoms with E-state index in [1.165, 1.54) is 7.11 Å². The number of carbonyl (C=O) groups is 2. The van der Waals surface area contributed by atoms with Crippen LogP contribution in [0.2, 0.25) is 5.02 Å². The molecule has 1 aliphatic rings. The third kappa shape index (κ3) is 4.40. The number of nitrogens with one attached hydrogen (secondary N) is 1. The maximum atomic E-state index is 13.1. The molecule has 3 aromatic rings. The quantitative estimate of drug-likeness (QED) is 0.588. The minimum absolute atomic E-state index is 0.426. The molecule has 1 aliphatic heterocycles. The molecule has 32 heavy (non-hydrogen) atoms. The van der Waals surface area contributed by atoms with Crippen LogP contribution >= 0.6 is 11.6 Å². The first kappa shape index (κ1) is 22.0. The van der Waals surface area contributed by atoms with Crippen LogP contribution in [0.25, 0.3) is 10.9 Å². The lowest BCUT2D eigenvalue weighted by atomic mass is 9.96. The first-order valence-corrected chi connectivity index (χ1v) is 10.6. The number of anilines is 1. The van der Waals surface area contributed by atoms with Gasteiger partial charge >= 0.3 is 5.97 Å². The highest BCUT2D eigenvalue weighted by Gasteiger charge is 2.26. The van der Waals surface area contributed by atoms with Crippen LogP contribution in [-0.4, -0.2) is 49.1 Å². The van der Waals surface area contributed by atoms with Gasteiger partial charge in [0.15, 0.2) is 6.61 Å². The molecule has 7 nitrogen and oxygen atoms in total. The number of rotatable bonds is 5. The van der Waals surface area contributed by atoms with E-state index in [2.05, 4.69) is 10.2 Å². The summed E-state index contributed by atoms with van der Waals surface area (Å²) in [5.41, 5.74) is 4.23. The molecule has 8 heteroatoms. The second-order valence-electron chi connectivity index (χ2n) is 7.84. The topological polar surface area (TPSA) is 80.8 Å². The number of methoxy groups -OCH3 is 1. The molecule has 0 saturated heterocycles. The third-order valence-corrected chi connectivity index (χ3v) is 5.94. The fraction of sp³-hybridized carbons (Fsp3) is 0.292. The summed E-state index contributed by atoms with van der Waals surface area (Å²) in [6, 6.07) is 10.8. The summed E-state index contributed by atoms with van der Waals surface area (Å²) in [6.07, 6.45) is 0.757. The number of aromatic nitrogens is 1. The SMILES string of the molecule is COc1cc(Cl)c(C)cc1NC(=O)COC(=O)c1c2c(nc3ccccc13)CCN(C)C2. The van der Waals surface area contributed by atoms with Crippen molar-refractivity contribution in [1.82, 2.24) is 9.88 Å². The molecule has 0 saturated carbocycles. The Morgan fingerprint density at radius 3 is 2.81 bits per heavy atom. The number of carbonyl (C=O) groups excluding carboxylic acids is 2. The smallest absolute Gasteiger partial charge is 0.339 e. The van der Waals surface area contributed by atoms with E-state index < -0.39 is 18.5 Å². The highest BCUT2D eigenvalue weighted by molar-refractivity contribution is 6.31. The van der Waals surface area contributed by atoms with Gasteiger partial charge in [0.2, 0.25) is 0 Å². The number of amides is 1. The molecule has 4 rings (SSSR count). The van der Waals surface area contributed by atoms with Gasteiger partial charge in [0, 0.05) is 47.2 Å².